The van der Waals surface area contributed by atoms with Gasteiger partial charge in [0, 0.05) is 4.92 Å². The lowest BCUT2D eigenvalue weighted by Gasteiger charge is -2.19. The summed E-state index contributed by atoms with van der Waals surface area (Å²) < 4.78 is 21.1. The number of nitrogens with zero attached hydrogens (tertiary/aromatic N) is 1. The Hall–Kier alpha value is -0.490. The predicted molar refractivity (Wildman–Crippen MR) is 48.7 cm³/mol. The predicted octanol–water partition coefficient (Wildman–Crippen LogP) is 0.848. The van der Waals surface area contributed by atoms with Crippen molar-refractivity contribution in [1.82, 2.24) is 0 Å². The molecule has 84 valence electrons. The summed E-state index contributed by atoms with van der Waals surface area (Å²) >= 11 is 0. The van der Waals surface area contributed by atoms with Crippen molar-refractivity contribution in [3.8, 4) is 0 Å². The maximum atomic E-state index is 11.6. The lowest BCUT2D eigenvalue weighted by atomic mass is 10.7. The Morgan fingerprint density at radius 1 is 1.43 bits per heavy atom. The third-order valence-electron chi connectivity index (χ3n) is 1.30. The Labute approximate surface area is 81.7 Å². The van der Waals surface area contributed by atoms with Gasteiger partial charge < -0.3 is 14.2 Å². The summed E-state index contributed by atoms with van der Waals surface area (Å²) in [5.74, 6) is -1.71. The average molecular weight is 227 g/mol. The quantitative estimate of drug-likeness (QED) is 0.393. The van der Waals surface area contributed by atoms with Gasteiger partial charge in [0.25, 0.3) is 0 Å². The Bertz CT molecular complexity index is 222. The molecule has 14 heavy (non-hydrogen) atoms. The second-order valence-corrected chi connectivity index (χ2v) is 4.56. The molecule has 0 rings (SSSR count). The molecule has 0 aliphatic carbocycles. The minimum absolute atomic E-state index is 0.0616. The van der Waals surface area contributed by atoms with Crippen molar-refractivity contribution in [2.24, 2.45) is 0 Å². The molecule has 1 unspecified atom stereocenters. The molecule has 1 atom stereocenters. The molecule has 0 bridgehead atoms. The molecule has 0 aromatic heterocycles. The highest BCUT2D eigenvalue weighted by Gasteiger charge is 2.37. The summed E-state index contributed by atoms with van der Waals surface area (Å²) in [6, 6.07) is 0. The molecule has 0 radical (unpaired) electrons. The SMILES string of the molecule is CCOP(=O)(OCC)C(O)C[N+](=O)[O-]. The summed E-state index contributed by atoms with van der Waals surface area (Å²) in [7, 11) is -3.75. The van der Waals surface area contributed by atoms with E-state index in [0.29, 0.717) is 0 Å². The van der Waals surface area contributed by atoms with E-state index >= 15 is 0 Å². The van der Waals surface area contributed by atoms with Crippen LogP contribution in [0.3, 0.4) is 0 Å². The fourth-order valence-corrected chi connectivity index (χ4v) is 2.27. The van der Waals surface area contributed by atoms with Gasteiger partial charge in [-0.2, -0.15) is 0 Å². The van der Waals surface area contributed by atoms with Gasteiger partial charge in [0.1, 0.15) is 0 Å². The Kier molecular flexibility index (Phi) is 5.87. The Morgan fingerprint density at radius 2 is 1.86 bits per heavy atom. The van der Waals surface area contributed by atoms with Crippen LogP contribution in [0.15, 0.2) is 0 Å². The van der Waals surface area contributed by atoms with E-state index in [1.807, 2.05) is 0 Å². The Balaban J connectivity index is 4.46. The minimum Gasteiger partial charge on any atom is -0.375 e. The number of hydrogen-bond donors (Lipinski definition) is 1. The van der Waals surface area contributed by atoms with Gasteiger partial charge in [0.2, 0.25) is 12.4 Å². The molecule has 0 fully saturated rings. The van der Waals surface area contributed by atoms with E-state index in [1.54, 1.807) is 13.8 Å². The van der Waals surface area contributed by atoms with Crippen LogP contribution in [0, 0.1) is 10.1 Å². The lowest BCUT2D eigenvalue weighted by Crippen LogP contribution is -2.22. The van der Waals surface area contributed by atoms with Crippen molar-refractivity contribution in [3.05, 3.63) is 10.1 Å². The number of aliphatic hydroxyl groups is 1. The van der Waals surface area contributed by atoms with Gasteiger partial charge in [0.15, 0.2) is 0 Å². The lowest BCUT2D eigenvalue weighted by molar-refractivity contribution is -0.486. The first-order valence-electron chi connectivity index (χ1n) is 4.15. The monoisotopic (exact) mass is 227 g/mol. The van der Waals surface area contributed by atoms with Crippen LogP contribution in [-0.2, 0) is 13.6 Å². The van der Waals surface area contributed by atoms with Crippen LogP contribution < -0.4 is 0 Å². The third-order valence-corrected chi connectivity index (χ3v) is 3.43. The van der Waals surface area contributed by atoms with Crippen molar-refractivity contribution in [3.63, 3.8) is 0 Å². The highest BCUT2D eigenvalue weighted by Crippen LogP contribution is 2.51. The molecule has 7 nitrogen and oxygen atoms in total. The largest absolute Gasteiger partial charge is 0.375 e. The fraction of sp³-hybridized carbons (Fsp3) is 1.00. The third kappa shape index (κ3) is 4.15. The zero-order chi connectivity index (χ0) is 11.2. The van der Waals surface area contributed by atoms with E-state index in [1.165, 1.54) is 0 Å². The molecular weight excluding hydrogens is 213 g/mol. The van der Waals surface area contributed by atoms with Gasteiger partial charge in [-0.25, -0.2) is 0 Å². The summed E-state index contributed by atoms with van der Waals surface area (Å²) in [6.45, 7) is 2.39. The normalized spacial score (nSPS) is 13.9. The number of aliphatic hydroxyl groups excluding tert-OH is 1. The molecule has 0 heterocycles. The van der Waals surface area contributed by atoms with E-state index < -0.39 is 24.9 Å². The smallest absolute Gasteiger partial charge is 0.365 e. The summed E-state index contributed by atoms with van der Waals surface area (Å²) in [5, 5.41) is 19.3. The number of rotatable bonds is 7. The number of nitro groups is 1. The van der Waals surface area contributed by atoms with Crippen molar-refractivity contribution in [1.29, 1.82) is 0 Å². The van der Waals surface area contributed by atoms with Gasteiger partial charge in [-0.05, 0) is 13.8 Å². The molecule has 8 heteroatoms. The van der Waals surface area contributed by atoms with Gasteiger partial charge >= 0.3 is 7.60 Å². The van der Waals surface area contributed by atoms with Crippen LogP contribution in [0.5, 0.6) is 0 Å². The van der Waals surface area contributed by atoms with Gasteiger partial charge in [0.05, 0.1) is 13.2 Å². The first-order valence-corrected chi connectivity index (χ1v) is 5.76. The molecule has 0 saturated carbocycles. The van der Waals surface area contributed by atoms with Crippen molar-refractivity contribution in [2.75, 3.05) is 19.8 Å². The molecule has 1 N–H and O–H groups in total. The molecule has 0 aliphatic rings. The topological polar surface area (TPSA) is 98.9 Å². The second-order valence-electron chi connectivity index (χ2n) is 2.37. The number of hydrogen-bond acceptors (Lipinski definition) is 6. The van der Waals surface area contributed by atoms with Gasteiger partial charge in [-0.15, -0.1) is 0 Å². The molecular formula is C6H14NO6P. The summed E-state index contributed by atoms with van der Waals surface area (Å²) in [5.41, 5.74) is 0. The van der Waals surface area contributed by atoms with Crippen molar-refractivity contribution in [2.45, 2.75) is 19.7 Å². The first-order chi connectivity index (χ1) is 6.46. The van der Waals surface area contributed by atoms with E-state index in [0.717, 1.165) is 0 Å². The summed E-state index contributed by atoms with van der Waals surface area (Å²) in [6.07, 6.45) is 0. The maximum Gasteiger partial charge on any atom is 0.365 e. The van der Waals surface area contributed by atoms with E-state index in [4.69, 9.17) is 9.05 Å². The average Bonchev–Trinajstić information content (AvgIpc) is 2.03. The van der Waals surface area contributed by atoms with Crippen LogP contribution in [0.4, 0.5) is 0 Å². The maximum absolute atomic E-state index is 11.6. The molecule has 0 aliphatic heterocycles. The Morgan fingerprint density at radius 3 is 2.14 bits per heavy atom. The van der Waals surface area contributed by atoms with Gasteiger partial charge in [-0.1, -0.05) is 0 Å². The first kappa shape index (κ1) is 13.5. The molecule has 0 aromatic rings. The minimum atomic E-state index is -3.75. The highest BCUT2D eigenvalue weighted by atomic mass is 31.2. The van der Waals surface area contributed by atoms with Crippen LogP contribution in [-0.4, -0.2) is 35.6 Å². The van der Waals surface area contributed by atoms with E-state index in [2.05, 4.69) is 0 Å². The van der Waals surface area contributed by atoms with Crippen LogP contribution in [0.2, 0.25) is 0 Å². The zero-order valence-corrected chi connectivity index (χ0v) is 8.98. The van der Waals surface area contributed by atoms with Gasteiger partial charge in [-0.3, -0.25) is 14.7 Å². The standard InChI is InChI=1S/C6H14NO6P/c1-3-12-14(11,13-4-2)6(8)5-7(9)10/h6,8H,3-5H2,1-2H3. The summed E-state index contributed by atoms with van der Waals surface area (Å²) in [4.78, 5) is 9.31. The second kappa shape index (κ2) is 6.08. The highest BCUT2D eigenvalue weighted by molar-refractivity contribution is 7.54. The van der Waals surface area contributed by atoms with E-state index in [9.17, 15) is 19.8 Å². The van der Waals surface area contributed by atoms with Crippen LogP contribution >= 0.6 is 7.60 Å². The molecule has 0 aromatic carbocycles. The molecule has 0 saturated heterocycles. The van der Waals surface area contributed by atoms with Crippen LogP contribution in [0.1, 0.15) is 13.8 Å². The van der Waals surface area contributed by atoms with Crippen molar-refractivity contribution < 1.29 is 23.6 Å². The van der Waals surface area contributed by atoms with Crippen molar-refractivity contribution >= 4 is 7.60 Å². The van der Waals surface area contributed by atoms with Crippen LogP contribution in [0.25, 0.3) is 0 Å². The fourth-order valence-electron chi connectivity index (χ4n) is 0.803. The van der Waals surface area contributed by atoms with E-state index in [-0.39, 0.29) is 13.2 Å². The zero-order valence-electron chi connectivity index (χ0n) is 8.08. The molecule has 0 amide bonds. The molecule has 0 spiro atoms.